The maximum atomic E-state index is 6.25. The monoisotopic (exact) mass is 337 g/mol. The summed E-state index contributed by atoms with van der Waals surface area (Å²) in [6.45, 7) is 2.76. The van der Waals surface area contributed by atoms with Gasteiger partial charge in [-0.15, -0.1) is 11.3 Å². The van der Waals surface area contributed by atoms with Crippen molar-refractivity contribution in [3.8, 4) is 0 Å². The van der Waals surface area contributed by atoms with Crippen LogP contribution < -0.4 is 5.32 Å². The van der Waals surface area contributed by atoms with E-state index in [0.29, 0.717) is 22.3 Å². The molecule has 1 N–H and O–H groups in total. The predicted octanol–water partition coefficient (Wildman–Crippen LogP) is 5.02. The minimum absolute atomic E-state index is 0.537. The second-order valence-corrected chi connectivity index (χ2v) is 6.46. The van der Waals surface area contributed by atoms with E-state index in [1.165, 1.54) is 4.70 Å². The zero-order valence-electron chi connectivity index (χ0n) is 11.4. The molecule has 0 unspecified atom stereocenters. The minimum atomic E-state index is 0.537. The molecule has 0 bridgehead atoms. The number of anilines is 1. The number of thiazole rings is 1. The van der Waals surface area contributed by atoms with Gasteiger partial charge in [0, 0.05) is 13.0 Å². The second kappa shape index (κ2) is 6.18. The molecule has 0 spiro atoms. The maximum absolute atomic E-state index is 6.25. The van der Waals surface area contributed by atoms with Crippen molar-refractivity contribution in [2.45, 2.75) is 13.3 Å². The van der Waals surface area contributed by atoms with E-state index >= 15 is 0 Å². The van der Waals surface area contributed by atoms with E-state index < -0.39 is 0 Å². The Bertz CT molecular complexity index is 753. The molecule has 3 aromatic rings. The highest BCUT2D eigenvalue weighted by Crippen LogP contribution is 2.29. The molecule has 3 nitrogen and oxygen atoms in total. The summed E-state index contributed by atoms with van der Waals surface area (Å²) in [5.74, 6) is 0.666. The molecule has 0 amide bonds. The zero-order valence-corrected chi connectivity index (χ0v) is 13.7. The summed E-state index contributed by atoms with van der Waals surface area (Å²) in [6.07, 6.45) is 0.605. The molecular weight excluding hydrogens is 325 g/mol. The topological polar surface area (TPSA) is 37.8 Å². The van der Waals surface area contributed by atoms with Gasteiger partial charge in [0.1, 0.15) is 5.82 Å². The number of rotatable bonds is 4. The first-order chi connectivity index (χ1) is 10.2. The van der Waals surface area contributed by atoms with Crippen molar-refractivity contribution in [1.82, 2.24) is 9.97 Å². The fourth-order valence-electron chi connectivity index (χ4n) is 2.06. The van der Waals surface area contributed by atoms with Crippen LogP contribution in [-0.2, 0) is 6.42 Å². The quantitative estimate of drug-likeness (QED) is 0.726. The Morgan fingerprint density at radius 1 is 1.14 bits per heavy atom. The summed E-state index contributed by atoms with van der Waals surface area (Å²) in [4.78, 5) is 9.13. The Balaban J connectivity index is 1.94. The summed E-state index contributed by atoms with van der Waals surface area (Å²) >= 11 is 14.0. The van der Waals surface area contributed by atoms with Crippen LogP contribution in [0.25, 0.3) is 10.2 Å². The van der Waals surface area contributed by atoms with Crippen molar-refractivity contribution in [1.29, 1.82) is 0 Å². The highest BCUT2D eigenvalue weighted by atomic mass is 35.5. The minimum Gasteiger partial charge on any atom is -0.369 e. The number of para-hydroxylation sites is 1. The number of fused-ring (bicyclic) bond motifs is 1. The van der Waals surface area contributed by atoms with Gasteiger partial charge in [-0.25, -0.2) is 9.97 Å². The summed E-state index contributed by atoms with van der Waals surface area (Å²) in [5.41, 5.74) is 1.80. The standard InChI is InChI=1S/C15H13Cl2N3S/c1-2-18-15-10(17)7-9(16)12(20-15)8-14-19-11-5-3-4-6-13(11)21-14/h3-7H,2,8H2,1H3,(H,18,20). The van der Waals surface area contributed by atoms with Gasteiger partial charge < -0.3 is 5.32 Å². The molecule has 1 aromatic carbocycles. The van der Waals surface area contributed by atoms with Gasteiger partial charge in [-0.3, -0.25) is 0 Å². The van der Waals surface area contributed by atoms with Crippen LogP contribution in [0.5, 0.6) is 0 Å². The van der Waals surface area contributed by atoms with Crippen molar-refractivity contribution in [2.75, 3.05) is 11.9 Å². The van der Waals surface area contributed by atoms with Gasteiger partial charge in [0.2, 0.25) is 0 Å². The van der Waals surface area contributed by atoms with Crippen molar-refractivity contribution in [3.05, 3.63) is 51.1 Å². The normalized spacial score (nSPS) is 11.0. The SMILES string of the molecule is CCNc1nc(Cc2nc3ccccc3s2)c(Cl)cc1Cl. The summed E-state index contributed by atoms with van der Waals surface area (Å²) < 4.78 is 1.17. The van der Waals surface area contributed by atoms with Crippen LogP contribution in [0.15, 0.2) is 30.3 Å². The highest BCUT2D eigenvalue weighted by Gasteiger charge is 2.12. The summed E-state index contributed by atoms with van der Waals surface area (Å²) in [5, 5.41) is 5.24. The molecule has 0 radical (unpaired) electrons. The van der Waals surface area contributed by atoms with Gasteiger partial charge in [-0.1, -0.05) is 35.3 Å². The van der Waals surface area contributed by atoms with E-state index in [9.17, 15) is 0 Å². The van der Waals surface area contributed by atoms with Gasteiger partial charge in [-0.2, -0.15) is 0 Å². The number of pyridine rings is 1. The van der Waals surface area contributed by atoms with E-state index in [0.717, 1.165) is 22.8 Å². The molecule has 0 aliphatic carbocycles. The molecule has 6 heteroatoms. The Morgan fingerprint density at radius 3 is 2.71 bits per heavy atom. The number of aromatic nitrogens is 2. The smallest absolute Gasteiger partial charge is 0.145 e. The number of hydrogen-bond acceptors (Lipinski definition) is 4. The molecule has 3 rings (SSSR count). The lowest BCUT2D eigenvalue weighted by Crippen LogP contribution is -2.03. The first kappa shape index (κ1) is 14.6. The van der Waals surface area contributed by atoms with Crippen molar-refractivity contribution in [3.63, 3.8) is 0 Å². The van der Waals surface area contributed by atoms with E-state index in [2.05, 4.69) is 21.4 Å². The van der Waals surface area contributed by atoms with Gasteiger partial charge >= 0.3 is 0 Å². The Kier molecular flexibility index (Phi) is 4.29. The number of nitrogens with one attached hydrogen (secondary N) is 1. The van der Waals surface area contributed by atoms with Gasteiger partial charge in [-0.05, 0) is 25.1 Å². The molecule has 2 heterocycles. The van der Waals surface area contributed by atoms with Gasteiger partial charge in [0.15, 0.2) is 0 Å². The molecule has 0 atom stereocenters. The lowest BCUT2D eigenvalue weighted by Gasteiger charge is -2.08. The van der Waals surface area contributed by atoms with E-state index in [4.69, 9.17) is 23.2 Å². The number of benzene rings is 1. The Hall–Kier alpha value is -1.36. The molecule has 0 aliphatic heterocycles. The summed E-state index contributed by atoms with van der Waals surface area (Å²) in [7, 11) is 0. The third-order valence-electron chi connectivity index (χ3n) is 3.00. The molecule has 0 fully saturated rings. The molecule has 0 saturated carbocycles. The van der Waals surface area contributed by atoms with E-state index in [-0.39, 0.29) is 0 Å². The average Bonchev–Trinajstić information content (AvgIpc) is 2.86. The zero-order chi connectivity index (χ0) is 14.8. The fraction of sp³-hybridized carbons (Fsp3) is 0.200. The van der Waals surface area contributed by atoms with Gasteiger partial charge in [0.05, 0.1) is 31.0 Å². The van der Waals surface area contributed by atoms with Crippen LogP contribution >= 0.6 is 34.5 Å². The van der Waals surface area contributed by atoms with Crippen LogP contribution in [0.4, 0.5) is 5.82 Å². The fourth-order valence-corrected chi connectivity index (χ4v) is 3.52. The van der Waals surface area contributed by atoms with Crippen LogP contribution in [0.3, 0.4) is 0 Å². The van der Waals surface area contributed by atoms with Crippen LogP contribution in [0.2, 0.25) is 10.0 Å². The third-order valence-corrected chi connectivity index (χ3v) is 4.65. The first-order valence-electron chi connectivity index (χ1n) is 6.60. The maximum Gasteiger partial charge on any atom is 0.145 e. The van der Waals surface area contributed by atoms with E-state index in [1.54, 1.807) is 17.4 Å². The Labute approximate surface area is 137 Å². The molecule has 0 aliphatic rings. The average molecular weight is 338 g/mol. The van der Waals surface area contributed by atoms with Crippen LogP contribution in [0, 0.1) is 0 Å². The summed E-state index contributed by atoms with van der Waals surface area (Å²) in [6, 6.07) is 9.81. The van der Waals surface area contributed by atoms with Crippen molar-refractivity contribution >= 4 is 50.6 Å². The number of hydrogen-bond donors (Lipinski definition) is 1. The largest absolute Gasteiger partial charge is 0.369 e. The van der Waals surface area contributed by atoms with Crippen LogP contribution in [0.1, 0.15) is 17.6 Å². The van der Waals surface area contributed by atoms with Crippen molar-refractivity contribution < 1.29 is 0 Å². The third kappa shape index (κ3) is 3.12. The van der Waals surface area contributed by atoms with Gasteiger partial charge in [0.25, 0.3) is 0 Å². The molecular formula is C15H13Cl2N3S. The van der Waals surface area contributed by atoms with Crippen molar-refractivity contribution in [2.24, 2.45) is 0 Å². The lowest BCUT2D eigenvalue weighted by atomic mass is 10.2. The highest BCUT2D eigenvalue weighted by molar-refractivity contribution is 7.18. The van der Waals surface area contributed by atoms with E-state index in [1.807, 2.05) is 25.1 Å². The lowest BCUT2D eigenvalue weighted by molar-refractivity contribution is 1.04. The number of halogens is 2. The molecule has 2 aromatic heterocycles. The number of nitrogens with zero attached hydrogens (tertiary/aromatic N) is 2. The predicted molar refractivity (Wildman–Crippen MR) is 90.8 cm³/mol. The first-order valence-corrected chi connectivity index (χ1v) is 8.18. The Morgan fingerprint density at radius 2 is 1.95 bits per heavy atom. The molecule has 108 valence electrons. The second-order valence-electron chi connectivity index (χ2n) is 4.53. The van der Waals surface area contributed by atoms with Crippen LogP contribution in [-0.4, -0.2) is 16.5 Å². The molecule has 0 saturated heterocycles. The molecule has 21 heavy (non-hydrogen) atoms.